The molecular formula is C45H68N8O16. The van der Waals surface area contributed by atoms with Gasteiger partial charge in [0.25, 0.3) is 5.91 Å². The number of Topliss-reactive ketones (excluding diaryl/α,β-unsaturated/α-hetero) is 1. The summed E-state index contributed by atoms with van der Waals surface area (Å²) in [6, 6.07) is 3.06. The van der Waals surface area contributed by atoms with Crippen LogP contribution in [0.1, 0.15) is 80.1 Å². The minimum atomic E-state index is -1.51. The number of hydrogen-bond donors (Lipinski definition) is 10. The predicted molar refractivity (Wildman–Crippen MR) is 244 cm³/mol. The van der Waals surface area contributed by atoms with Crippen molar-refractivity contribution in [3.63, 3.8) is 0 Å². The number of hydrogen-bond acceptors (Lipinski definition) is 14. The average Bonchev–Trinajstić information content (AvgIpc) is 3.28. The fraction of sp³-hybridized carbons (Fsp3) is 0.644. The molecule has 24 heteroatoms. The highest BCUT2D eigenvalue weighted by molar-refractivity contribution is 5.94. The SMILES string of the molecule is O=C(O)CC[C@H](NC(=O)N[C@@H](CCCCNC(=O)C1CCC(CNC(=O)c2ccc(CCC(=O)CN3CCN(CC(=O)O)CCN(CC(=O)O)CCN(CC(=O)O)CC3)cc2)CC1)C(=O)O)C(=O)O. The molecular weight excluding hydrogens is 909 g/mol. The van der Waals surface area contributed by atoms with Crippen LogP contribution in [0.5, 0.6) is 0 Å². The molecule has 1 aliphatic carbocycles. The van der Waals surface area contributed by atoms with Crippen molar-refractivity contribution in [1.82, 2.24) is 40.9 Å². The molecule has 1 aromatic rings. The van der Waals surface area contributed by atoms with Crippen LogP contribution in [0.3, 0.4) is 0 Å². The summed E-state index contributed by atoms with van der Waals surface area (Å²) < 4.78 is 0. The van der Waals surface area contributed by atoms with E-state index in [2.05, 4.69) is 21.3 Å². The van der Waals surface area contributed by atoms with Crippen molar-refractivity contribution >= 4 is 59.4 Å². The van der Waals surface area contributed by atoms with E-state index in [1.165, 1.54) is 0 Å². The average molecular weight is 977 g/mol. The van der Waals surface area contributed by atoms with E-state index in [4.69, 9.17) is 5.11 Å². The van der Waals surface area contributed by atoms with Gasteiger partial charge in [-0.05, 0) is 81.4 Å². The monoisotopic (exact) mass is 976 g/mol. The lowest BCUT2D eigenvalue weighted by molar-refractivity contribution is -0.141. The standard InChI is InChI=1S/C45H68N8O16/c54-34(26-50-17-19-51(27-38(57)58)21-23-53(29-40(61)62)24-22-52(20-18-50)28-39(59)60)13-8-30-4-9-33(10-5-30)42(64)47-25-31-6-11-32(12-7-31)41(63)46-16-2-1-3-35(43(65)66)48-45(69)49-36(44(67)68)14-15-37(55)56/h4-5,9-10,31-32,35-36H,1-3,6-8,11-29H2,(H,46,63)(H,47,64)(H,55,56)(H,57,58)(H,59,60)(H,61,62)(H,65,66)(H,67,68)(H2,48,49,69)/t31?,32?,35-,36-/m0/s1. The Morgan fingerprint density at radius 2 is 1.00 bits per heavy atom. The van der Waals surface area contributed by atoms with Crippen LogP contribution < -0.4 is 21.3 Å². The van der Waals surface area contributed by atoms with Gasteiger partial charge in [0, 0.05) is 89.8 Å². The van der Waals surface area contributed by atoms with Gasteiger partial charge in [0.15, 0.2) is 0 Å². The molecule has 384 valence electrons. The molecule has 1 heterocycles. The second kappa shape index (κ2) is 30.3. The van der Waals surface area contributed by atoms with Crippen LogP contribution in [-0.4, -0.2) is 213 Å². The molecule has 0 unspecified atom stereocenters. The van der Waals surface area contributed by atoms with Gasteiger partial charge in [-0.15, -0.1) is 0 Å². The van der Waals surface area contributed by atoms with Gasteiger partial charge in [0.1, 0.15) is 17.9 Å². The molecule has 0 aromatic heterocycles. The van der Waals surface area contributed by atoms with Crippen LogP contribution in [0.4, 0.5) is 4.79 Å². The molecule has 0 bridgehead atoms. The van der Waals surface area contributed by atoms with E-state index < -0.39 is 60.4 Å². The highest BCUT2D eigenvalue weighted by atomic mass is 16.4. The van der Waals surface area contributed by atoms with Gasteiger partial charge in [-0.3, -0.25) is 53.2 Å². The fourth-order valence-corrected chi connectivity index (χ4v) is 8.16. The second-order valence-electron chi connectivity index (χ2n) is 17.6. The first-order valence-electron chi connectivity index (χ1n) is 23.2. The molecule has 69 heavy (non-hydrogen) atoms. The summed E-state index contributed by atoms with van der Waals surface area (Å²) in [5.41, 5.74) is 1.30. The molecule has 2 fully saturated rings. The van der Waals surface area contributed by atoms with E-state index in [1.807, 2.05) is 4.90 Å². The first-order chi connectivity index (χ1) is 32.8. The first kappa shape index (κ1) is 57.1. The summed E-state index contributed by atoms with van der Waals surface area (Å²) in [6.07, 6.45) is 3.20. The van der Waals surface area contributed by atoms with E-state index in [0.717, 1.165) is 18.4 Å². The molecule has 1 aliphatic heterocycles. The third-order valence-electron chi connectivity index (χ3n) is 12.2. The van der Waals surface area contributed by atoms with Gasteiger partial charge < -0.3 is 51.9 Å². The van der Waals surface area contributed by atoms with Gasteiger partial charge in [-0.1, -0.05) is 12.1 Å². The lowest BCUT2D eigenvalue weighted by Gasteiger charge is -2.32. The van der Waals surface area contributed by atoms with E-state index in [0.29, 0.717) is 70.4 Å². The van der Waals surface area contributed by atoms with E-state index in [1.54, 1.807) is 39.0 Å². The number of carbonyl (C=O) groups is 10. The highest BCUT2D eigenvalue weighted by Crippen LogP contribution is 2.28. The Bertz CT molecular complexity index is 1880. The third kappa shape index (κ3) is 23.6. The van der Waals surface area contributed by atoms with Gasteiger partial charge in [-0.2, -0.15) is 0 Å². The maximum absolute atomic E-state index is 13.2. The molecule has 24 nitrogen and oxygen atoms in total. The Hall–Kier alpha value is -6.24. The van der Waals surface area contributed by atoms with E-state index >= 15 is 0 Å². The topological polar surface area (TPSA) is 353 Å². The normalized spacial score (nSPS) is 18.8. The number of ketones is 1. The lowest BCUT2D eigenvalue weighted by atomic mass is 9.81. The van der Waals surface area contributed by atoms with Crippen LogP contribution in [-0.2, 0) is 44.8 Å². The maximum Gasteiger partial charge on any atom is 0.326 e. The van der Waals surface area contributed by atoms with Gasteiger partial charge in [0.2, 0.25) is 5.91 Å². The first-order valence-corrected chi connectivity index (χ1v) is 23.2. The summed E-state index contributed by atoms with van der Waals surface area (Å²) in [4.78, 5) is 127. The quantitative estimate of drug-likeness (QED) is 0.0499. The number of rotatable bonds is 27. The van der Waals surface area contributed by atoms with Crippen LogP contribution in [0.15, 0.2) is 24.3 Å². The molecule has 1 saturated carbocycles. The molecule has 0 spiro atoms. The Balaban J connectivity index is 1.38. The number of carboxylic acid groups (broad SMARTS) is 6. The second-order valence-corrected chi connectivity index (χ2v) is 17.6. The number of urea groups is 1. The van der Waals surface area contributed by atoms with Crippen LogP contribution in [0, 0.1) is 11.8 Å². The molecule has 1 saturated heterocycles. The third-order valence-corrected chi connectivity index (χ3v) is 12.2. The minimum absolute atomic E-state index is 0.00925. The molecule has 1 aromatic carbocycles. The zero-order chi connectivity index (χ0) is 50.9. The predicted octanol–water partition coefficient (Wildman–Crippen LogP) is -0.443. The Morgan fingerprint density at radius 1 is 0.536 bits per heavy atom. The highest BCUT2D eigenvalue weighted by Gasteiger charge is 2.28. The van der Waals surface area contributed by atoms with E-state index in [9.17, 15) is 73.5 Å². The zero-order valence-electron chi connectivity index (χ0n) is 38.9. The largest absolute Gasteiger partial charge is 0.481 e. The van der Waals surface area contributed by atoms with Crippen LogP contribution >= 0.6 is 0 Å². The zero-order valence-corrected chi connectivity index (χ0v) is 38.9. The lowest BCUT2D eigenvalue weighted by Crippen LogP contribution is -2.51. The van der Waals surface area contributed by atoms with E-state index in [-0.39, 0.29) is 108 Å². The van der Waals surface area contributed by atoms with Gasteiger partial charge >= 0.3 is 41.8 Å². The Labute approximate surface area is 399 Å². The summed E-state index contributed by atoms with van der Waals surface area (Å²) in [5, 5.41) is 65.9. The number of nitrogens with zero attached hydrogens (tertiary/aromatic N) is 4. The minimum Gasteiger partial charge on any atom is -0.481 e. The maximum atomic E-state index is 13.2. The van der Waals surface area contributed by atoms with Gasteiger partial charge in [0.05, 0.1) is 26.2 Å². The Kier molecular flexibility index (Phi) is 25.1. The number of carbonyl (C=O) groups excluding carboxylic acids is 4. The smallest absolute Gasteiger partial charge is 0.326 e. The van der Waals surface area contributed by atoms with Crippen molar-refractivity contribution in [3.8, 4) is 0 Å². The summed E-state index contributed by atoms with van der Waals surface area (Å²) in [6.45, 7) is 2.40. The van der Waals surface area contributed by atoms with Crippen molar-refractivity contribution < 1.29 is 78.6 Å². The van der Waals surface area contributed by atoms with Gasteiger partial charge in [-0.25, -0.2) is 14.4 Å². The summed E-state index contributed by atoms with van der Waals surface area (Å²) in [5.74, 6) is -7.62. The number of carboxylic acids is 6. The number of unbranched alkanes of at least 4 members (excludes halogenated alkanes) is 1. The van der Waals surface area contributed by atoms with Crippen molar-refractivity contribution in [2.75, 3.05) is 91.6 Å². The molecule has 3 rings (SSSR count). The number of aryl methyl sites for hydroxylation is 1. The van der Waals surface area contributed by atoms with Crippen LogP contribution in [0.25, 0.3) is 0 Å². The number of aliphatic carboxylic acids is 6. The summed E-state index contributed by atoms with van der Waals surface area (Å²) >= 11 is 0. The number of benzene rings is 1. The van der Waals surface area contributed by atoms with Crippen molar-refractivity contribution in [2.45, 2.75) is 82.7 Å². The van der Waals surface area contributed by atoms with Crippen molar-refractivity contribution in [2.24, 2.45) is 11.8 Å². The molecule has 2 aliphatic rings. The molecule has 10 N–H and O–H groups in total. The molecule has 4 amide bonds. The molecule has 0 radical (unpaired) electrons. The number of amides is 4. The Morgan fingerprint density at radius 3 is 1.45 bits per heavy atom. The van der Waals surface area contributed by atoms with Crippen LogP contribution in [0.2, 0.25) is 0 Å². The van der Waals surface area contributed by atoms with Crippen molar-refractivity contribution in [1.29, 1.82) is 0 Å². The summed E-state index contributed by atoms with van der Waals surface area (Å²) in [7, 11) is 0. The van der Waals surface area contributed by atoms with Crippen molar-refractivity contribution in [3.05, 3.63) is 35.4 Å². The number of nitrogens with one attached hydrogen (secondary N) is 4. The fourth-order valence-electron chi connectivity index (χ4n) is 8.16. The molecule has 2 atom stereocenters.